The van der Waals surface area contributed by atoms with E-state index in [9.17, 15) is 18.3 Å². The summed E-state index contributed by atoms with van der Waals surface area (Å²) in [4.78, 5) is 15.7. The quantitative estimate of drug-likeness (QED) is 0.710. The van der Waals surface area contributed by atoms with Crippen LogP contribution in [0.5, 0.6) is 0 Å². The van der Waals surface area contributed by atoms with Crippen molar-refractivity contribution in [3.05, 3.63) is 47.8 Å². The fourth-order valence-corrected chi connectivity index (χ4v) is 4.75. The van der Waals surface area contributed by atoms with Gasteiger partial charge in [-0.25, -0.2) is 22.7 Å². The van der Waals surface area contributed by atoms with Gasteiger partial charge in [0.2, 0.25) is 9.84 Å². The lowest BCUT2D eigenvalue weighted by molar-refractivity contribution is 0.0687. The SMILES string of the molecule is CSc1nn2c(C(=O)O)cc(C)nc2c1S(=O)(=O)c1ccccc1. The van der Waals surface area contributed by atoms with Crippen molar-refractivity contribution >= 4 is 33.2 Å². The fourth-order valence-electron chi connectivity index (χ4n) is 2.34. The van der Waals surface area contributed by atoms with Gasteiger partial charge in [-0.2, -0.15) is 5.10 Å². The van der Waals surface area contributed by atoms with Crippen LogP contribution in [-0.2, 0) is 9.84 Å². The Morgan fingerprint density at radius 1 is 1.25 bits per heavy atom. The molecule has 0 saturated heterocycles. The molecule has 3 aromatic rings. The molecular formula is C15H13N3O4S2. The van der Waals surface area contributed by atoms with Crippen molar-refractivity contribution in [1.82, 2.24) is 14.6 Å². The highest BCUT2D eigenvalue weighted by Gasteiger charge is 2.30. The minimum Gasteiger partial charge on any atom is -0.477 e. The minimum absolute atomic E-state index is 0.0144. The number of aryl methyl sites for hydroxylation is 1. The highest BCUT2D eigenvalue weighted by molar-refractivity contribution is 7.99. The molecule has 7 nitrogen and oxygen atoms in total. The van der Waals surface area contributed by atoms with Crippen LogP contribution < -0.4 is 0 Å². The summed E-state index contributed by atoms with van der Waals surface area (Å²) in [6.07, 6.45) is 1.68. The number of aromatic nitrogens is 3. The Morgan fingerprint density at radius 2 is 1.92 bits per heavy atom. The normalized spacial score (nSPS) is 11.8. The maximum Gasteiger partial charge on any atom is 0.354 e. The second-order valence-electron chi connectivity index (χ2n) is 4.98. The van der Waals surface area contributed by atoms with E-state index in [4.69, 9.17) is 0 Å². The first-order valence-electron chi connectivity index (χ1n) is 6.84. The number of nitrogens with zero attached hydrogens (tertiary/aromatic N) is 3. The molecule has 124 valence electrons. The molecule has 24 heavy (non-hydrogen) atoms. The van der Waals surface area contributed by atoms with Gasteiger partial charge in [-0.15, -0.1) is 11.8 Å². The van der Waals surface area contributed by atoms with Gasteiger partial charge >= 0.3 is 5.97 Å². The Balaban J connectivity index is 2.42. The van der Waals surface area contributed by atoms with Gasteiger partial charge in [0, 0.05) is 5.69 Å². The molecule has 0 aliphatic carbocycles. The molecule has 0 atom stereocenters. The highest BCUT2D eigenvalue weighted by atomic mass is 32.2. The van der Waals surface area contributed by atoms with E-state index in [0.717, 1.165) is 16.3 Å². The summed E-state index contributed by atoms with van der Waals surface area (Å²) in [5, 5.41) is 13.7. The summed E-state index contributed by atoms with van der Waals surface area (Å²) in [6.45, 7) is 1.61. The predicted molar refractivity (Wildman–Crippen MR) is 88.4 cm³/mol. The Morgan fingerprint density at radius 3 is 2.50 bits per heavy atom. The maximum atomic E-state index is 13.0. The minimum atomic E-state index is -3.88. The van der Waals surface area contributed by atoms with Crippen LogP contribution in [0.4, 0.5) is 0 Å². The summed E-state index contributed by atoms with van der Waals surface area (Å²) < 4.78 is 27.1. The van der Waals surface area contributed by atoms with Crippen LogP contribution in [-0.4, -0.2) is 40.3 Å². The zero-order valence-electron chi connectivity index (χ0n) is 12.8. The molecular weight excluding hydrogens is 350 g/mol. The standard InChI is InChI=1S/C15H13N3O4S2/c1-9-8-11(15(19)20)18-13(16-9)12(14(17-18)23-2)24(21,22)10-6-4-3-5-7-10/h3-8H,1-2H3,(H,19,20). The molecule has 1 N–H and O–H groups in total. The maximum absolute atomic E-state index is 13.0. The van der Waals surface area contributed by atoms with Gasteiger partial charge in [-0.1, -0.05) is 18.2 Å². The van der Waals surface area contributed by atoms with Crippen LogP contribution in [0.3, 0.4) is 0 Å². The molecule has 0 fully saturated rings. The van der Waals surface area contributed by atoms with E-state index in [2.05, 4.69) is 10.1 Å². The van der Waals surface area contributed by atoms with Crippen LogP contribution in [0.15, 0.2) is 51.2 Å². The molecule has 9 heteroatoms. The van der Waals surface area contributed by atoms with Crippen molar-refractivity contribution in [1.29, 1.82) is 0 Å². The summed E-state index contributed by atoms with van der Waals surface area (Å²) in [6, 6.07) is 9.28. The van der Waals surface area contributed by atoms with Gasteiger partial charge in [0.15, 0.2) is 16.2 Å². The number of carboxylic acids is 1. The lowest BCUT2D eigenvalue weighted by Crippen LogP contribution is -2.09. The molecule has 1 aromatic carbocycles. The van der Waals surface area contributed by atoms with Crippen LogP contribution >= 0.6 is 11.8 Å². The summed E-state index contributed by atoms with van der Waals surface area (Å²) >= 11 is 1.12. The van der Waals surface area contributed by atoms with Crippen molar-refractivity contribution in [3.63, 3.8) is 0 Å². The number of aromatic carboxylic acids is 1. The third kappa shape index (κ3) is 2.55. The molecule has 0 bridgehead atoms. The topological polar surface area (TPSA) is 102 Å². The van der Waals surface area contributed by atoms with Crippen molar-refractivity contribution < 1.29 is 18.3 Å². The van der Waals surface area contributed by atoms with E-state index in [-0.39, 0.29) is 26.2 Å². The van der Waals surface area contributed by atoms with Crippen LogP contribution in [0.2, 0.25) is 0 Å². The zero-order valence-corrected chi connectivity index (χ0v) is 14.4. The van der Waals surface area contributed by atoms with Gasteiger partial charge in [0.1, 0.15) is 5.03 Å². The molecule has 0 amide bonds. The average molecular weight is 363 g/mol. The third-order valence-electron chi connectivity index (χ3n) is 3.38. The fraction of sp³-hybridized carbons (Fsp3) is 0.133. The molecule has 0 saturated carbocycles. The van der Waals surface area contributed by atoms with E-state index in [1.165, 1.54) is 18.2 Å². The van der Waals surface area contributed by atoms with Gasteiger partial charge in [-0.3, -0.25) is 0 Å². The molecule has 0 spiro atoms. The Kier molecular flexibility index (Phi) is 4.06. The van der Waals surface area contributed by atoms with Crippen molar-refractivity contribution in [2.45, 2.75) is 21.7 Å². The van der Waals surface area contributed by atoms with E-state index in [1.54, 1.807) is 31.4 Å². The summed E-state index contributed by atoms with van der Waals surface area (Å²) in [7, 11) is -3.88. The molecule has 0 radical (unpaired) electrons. The second-order valence-corrected chi connectivity index (χ2v) is 7.66. The number of thioether (sulfide) groups is 1. The number of benzene rings is 1. The van der Waals surface area contributed by atoms with E-state index >= 15 is 0 Å². The number of fused-ring (bicyclic) bond motifs is 1. The van der Waals surface area contributed by atoms with Crippen LogP contribution in [0.1, 0.15) is 16.2 Å². The molecule has 0 unspecified atom stereocenters. The number of hydrogen-bond acceptors (Lipinski definition) is 6. The third-order valence-corrected chi connectivity index (χ3v) is 5.99. The number of rotatable bonds is 4. The Bertz CT molecular complexity index is 1040. The second kappa shape index (κ2) is 5.91. The van der Waals surface area contributed by atoms with Crippen molar-refractivity contribution in [3.8, 4) is 0 Å². The van der Waals surface area contributed by atoms with E-state index in [0.29, 0.717) is 5.69 Å². The molecule has 2 aromatic heterocycles. The molecule has 0 aliphatic rings. The number of carboxylic acid groups (broad SMARTS) is 1. The number of sulfone groups is 1. The first-order valence-corrected chi connectivity index (χ1v) is 9.55. The predicted octanol–water partition coefficient (Wildman–Crippen LogP) is 2.29. The monoisotopic (exact) mass is 363 g/mol. The zero-order chi connectivity index (χ0) is 17.5. The average Bonchev–Trinajstić information content (AvgIpc) is 2.93. The van der Waals surface area contributed by atoms with E-state index < -0.39 is 15.8 Å². The Labute approximate surface area is 142 Å². The number of hydrogen-bond donors (Lipinski definition) is 1. The van der Waals surface area contributed by atoms with Crippen molar-refractivity contribution in [2.75, 3.05) is 6.26 Å². The smallest absolute Gasteiger partial charge is 0.354 e. The molecule has 3 rings (SSSR count). The Hall–Kier alpha value is -2.39. The van der Waals surface area contributed by atoms with Crippen LogP contribution in [0, 0.1) is 6.92 Å². The van der Waals surface area contributed by atoms with Gasteiger partial charge in [0.25, 0.3) is 0 Å². The van der Waals surface area contributed by atoms with Gasteiger partial charge in [-0.05, 0) is 31.4 Å². The first kappa shape index (κ1) is 16.5. The van der Waals surface area contributed by atoms with Gasteiger partial charge in [0.05, 0.1) is 4.90 Å². The lowest BCUT2D eigenvalue weighted by Gasteiger charge is -2.05. The van der Waals surface area contributed by atoms with Crippen LogP contribution in [0.25, 0.3) is 5.65 Å². The first-order chi connectivity index (χ1) is 11.4. The van der Waals surface area contributed by atoms with E-state index in [1.807, 2.05) is 0 Å². The molecule has 2 heterocycles. The van der Waals surface area contributed by atoms with Crippen molar-refractivity contribution in [2.24, 2.45) is 0 Å². The largest absolute Gasteiger partial charge is 0.477 e. The summed E-state index contributed by atoms with van der Waals surface area (Å²) in [5.41, 5.74) is 0.278. The number of carbonyl (C=O) groups is 1. The lowest BCUT2D eigenvalue weighted by atomic mass is 10.3. The highest BCUT2D eigenvalue weighted by Crippen LogP contribution is 2.32. The van der Waals surface area contributed by atoms with Gasteiger partial charge < -0.3 is 5.11 Å². The summed E-state index contributed by atoms with van der Waals surface area (Å²) in [5.74, 6) is -1.20. The molecule has 0 aliphatic heterocycles.